The molecule has 8 rings (SSSR count). The number of carboxylic acid groups (broad SMARTS) is 4. The number of hydrogen-bond donors (Lipinski definition) is 4. The summed E-state index contributed by atoms with van der Waals surface area (Å²) in [4.78, 5) is 95.9. The van der Waals surface area contributed by atoms with Gasteiger partial charge in [-0.05, 0) is 94.4 Å². The number of fused-ring (bicyclic) bond motifs is 4. The number of Topliss-reactive ketones (excluding diaryl/α,β-unsaturated/α-hetero) is 2. The van der Waals surface area contributed by atoms with Crippen LogP contribution in [0.4, 0.5) is 0 Å². The third kappa shape index (κ3) is 18.2. The summed E-state index contributed by atoms with van der Waals surface area (Å²) in [6.07, 6.45) is -0.563. The van der Waals surface area contributed by atoms with Crippen molar-refractivity contribution >= 4 is 90.1 Å². The van der Waals surface area contributed by atoms with E-state index < -0.39 is 23.9 Å². The maximum absolute atomic E-state index is 12.3. The van der Waals surface area contributed by atoms with Gasteiger partial charge < -0.3 is 78.4 Å². The van der Waals surface area contributed by atoms with E-state index >= 15 is 0 Å². The average Bonchev–Trinajstić information content (AvgIpc) is 4.34. The first kappa shape index (κ1) is 66.2. The van der Waals surface area contributed by atoms with E-state index in [-0.39, 0.29) is 183 Å². The Morgan fingerprint density at radius 3 is 1.10 bits per heavy atom. The summed E-state index contributed by atoms with van der Waals surface area (Å²) < 4.78 is 35.5. The Balaban J connectivity index is 0.000000293. The van der Waals surface area contributed by atoms with Crippen LogP contribution in [0, 0.1) is 0 Å². The van der Waals surface area contributed by atoms with Gasteiger partial charge in [-0.15, -0.1) is 22.7 Å². The van der Waals surface area contributed by atoms with Crippen molar-refractivity contribution in [3.63, 3.8) is 0 Å². The molecule has 2 aliphatic heterocycles. The number of rotatable bonds is 28. The van der Waals surface area contributed by atoms with E-state index in [1.54, 1.807) is 34.1 Å². The van der Waals surface area contributed by atoms with Crippen LogP contribution in [0.2, 0.25) is 0 Å². The minimum absolute atomic E-state index is 0. The molecule has 0 atom stereocenters. The summed E-state index contributed by atoms with van der Waals surface area (Å²) >= 11 is 2.38. The fourth-order valence-corrected chi connectivity index (χ4v) is 10.7. The molecule has 2 aromatic heterocycles. The number of benzene rings is 4. The van der Waals surface area contributed by atoms with Gasteiger partial charge in [-0.2, -0.15) is 0 Å². The van der Waals surface area contributed by atoms with Crippen molar-refractivity contribution in [2.45, 2.75) is 90.4 Å². The van der Waals surface area contributed by atoms with Crippen LogP contribution in [0.25, 0.3) is 20.2 Å². The predicted molar refractivity (Wildman–Crippen MR) is 284 cm³/mol. The Kier molecular flexibility index (Phi) is 25.1. The number of carbonyl (C=O) groups is 8. The Morgan fingerprint density at radius 2 is 0.780 bits per heavy atom. The zero-order valence-corrected chi connectivity index (χ0v) is 51.2. The number of methoxy groups -OCH3 is 2. The number of hydrogen-bond acceptors (Lipinski definition) is 20. The number of nitrogens with zero attached hydrogens (tertiary/aromatic N) is 2. The first-order chi connectivity index (χ1) is 38.3. The molecular weight excluding hydrogens is 1130 g/mol. The van der Waals surface area contributed by atoms with Crippen molar-refractivity contribution in [2.24, 2.45) is 0 Å². The quantitative estimate of drug-likeness (QED) is 0.0280. The number of carboxylic acids is 4. The summed E-state index contributed by atoms with van der Waals surface area (Å²) in [6, 6.07) is 16.9. The normalized spacial score (nSPS) is 12.0. The Hall–Kier alpha value is -6.64. The number of amides is 2. The van der Waals surface area contributed by atoms with Crippen molar-refractivity contribution in [1.82, 2.24) is 9.80 Å². The fraction of sp³-hybridized carbons (Fsp3) is 0.357. The van der Waals surface area contributed by atoms with Gasteiger partial charge in [0, 0.05) is 98.2 Å². The molecule has 0 aliphatic carbocycles. The van der Waals surface area contributed by atoms with E-state index in [0.29, 0.717) is 91.9 Å². The second-order valence-corrected chi connectivity index (χ2v) is 20.6. The van der Waals surface area contributed by atoms with E-state index in [2.05, 4.69) is 0 Å². The van der Waals surface area contributed by atoms with Gasteiger partial charge >= 0.3 is 71.1 Å². The minimum atomic E-state index is -1.26. The molecule has 82 heavy (non-hydrogen) atoms. The molecule has 4 N–H and O–H groups in total. The van der Waals surface area contributed by atoms with Crippen molar-refractivity contribution in [1.29, 1.82) is 0 Å². The maximum atomic E-state index is 12.3. The molecule has 2 aliphatic rings. The van der Waals surface area contributed by atoms with Crippen LogP contribution in [-0.4, -0.2) is 118 Å². The van der Waals surface area contributed by atoms with Crippen LogP contribution in [0.3, 0.4) is 0 Å². The summed E-state index contributed by atoms with van der Waals surface area (Å²) in [5.41, 5.74) is 3.59. The van der Waals surface area contributed by atoms with Gasteiger partial charge in [0.05, 0.1) is 63.2 Å². The molecule has 0 fully saturated rings. The molecule has 0 saturated heterocycles. The first-order valence-corrected chi connectivity index (χ1v) is 26.8. The average molecular weight is 1190 g/mol. The van der Waals surface area contributed by atoms with Crippen molar-refractivity contribution in [3.05, 3.63) is 92.7 Å². The van der Waals surface area contributed by atoms with Crippen molar-refractivity contribution in [2.75, 3.05) is 40.6 Å². The predicted octanol–water partition coefficient (Wildman–Crippen LogP) is -0.226. The zero-order chi connectivity index (χ0) is 57.6. The van der Waals surface area contributed by atoms with E-state index in [1.165, 1.54) is 49.0 Å². The molecule has 0 unspecified atom stereocenters. The van der Waals surface area contributed by atoms with Crippen LogP contribution in [0.5, 0.6) is 46.0 Å². The topological polar surface area (TPSA) is 325 Å². The van der Waals surface area contributed by atoms with Crippen LogP contribution < -0.4 is 97.7 Å². The fourth-order valence-electron chi connectivity index (χ4n) is 8.59. The number of thiophene rings is 2. The molecule has 26 heteroatoms. The Morgan fingerprint density at radius 1 is 0.451 bits per heavy atom. The zero-order valence-electron chi connectivity index (χ0n) is 45.5. The number of aliphatic carboxylic acids is 4. The van der Waals surface area contributed by atoms with Gasteiger partial charge in [0.15, 0.2) is 57.6 Å². The number of phenolic OH excluding ortho intramolecular Hbond substituents is 2. The van der Waals surface area contributed by atoms with Crippen molar-refractivity contribution < 1.29 is 157 Å². The molecule has 2 amide bonds. The number of ketones is 2. The number of carbonyl (C=O) groups excluding carboxylic acids is 6. The number of aromatic hydroxyl groups is 2. The summed E-state index contributed by atoms with van der Waals surface area (Å²) in [7, 11) is 3.04. The summed E-state index contributed by atoms with van der Waals surface area (Å²) in [5.74, 6) is -3.22. The van der Waals surface area contributed by atoms with Gasteiger partial charge in [0.2, 0.25) is 11.8 Å². The number of phenols is 2. The van der Waals surface area contributed by atoms with Crippen LogP contribution in [0.1, 0.15) is 106 Å². The van der Waals surface area contributed by atoms with Gasteiger partial charge in [0.1, 0.15) is 0 Å². The smallest absolute Gasteiger partial charge is 0.550 e. The summed E-state index contributed by atoms with van der Waals surface area (Å²) in [6.45, 7) is 2.47. The summed E-state index contributed by atoms with van der Waals surface area (Å²) in [5, 5.41) is 61.0. The largest absolute Gasteiger partial charge is 1.00 e. The molecular formula is C56H56N2Na2O20S2. The van der Waals surface area contributed by atoms with Crippen LogP contribution in [0.15, 0.2) is 60.7 Å². The Bertz CT molecular complexity index is 3120. The monoisotopic (exact) mass is 1190 g/mol. The molecule has 0 radical (unpaired) electrons. The van der Waals surface area contributed by atoms with Crippen molar-refractivity contribution in [3.8, 4) is 46.0 Å². The minimum Gasteiger partial charge on any atom is -0.550 e. The molecule has 424 valence electrons. The molecule has 0 bridgehead atoms. The third-order valence-electron chi connectivity index (χ3n) is 12.7. The van der Waals surface area contributed by atoms with Gasteiger partial charge in [-0.1, -0.05) is 0 Å². The molecule has 0 saturated carbocycles. The van der Waals surface area contributed by atoms with E-state index in [1.807, 2.05) is 24.3 Å². The van der Waals surface area contributed by atoms with E-state index in [9.17, 15) is 58.8 Å². The van der Waals surface area contributed by atoms with Gasteiger partial charge in [-0.25, -0.2) is 0 Å². The van der Waals surface area contributed by atoms with E-state index in [4.69, 9.17) is 38.6 Å². The Labute approximate surface area is 522 Å². The molecule has 4 heterocycles. The van der Waals surface area contributed by atoms with E-state index in [0.717, 1.165) is 22.3 Å². The van der Waals surface area contributed by atoms with Crippen LogP contribution >= 0.6 is 22.7 Å². The van der Waals surface area contributed by atoms with Gasteiger partial charge in [-0.3, -0.25) is 28.8 Å². The molecule has 0 spiro atoms. The van der Waals surface area contributed by atoms with Crippen LogP contribution in [-0.2, 0) is 54.9 Å². The molecule has 22 nitrogen and oxygen atoms in total. The third-order valence-corrected chi connectivity index (χ3v) is 15.0. The maximum Gasteiger partial charge on any atom is 1.00 e. The molecule has 6 aromatic rings. The second-order valence-electron chi connectivity index (χ2n) is 18.5. The SMILES string of the molecule is COc1cc2c(cc1OCCCOc1cc3cc(C(=O)CCC(=O)O)sc3cc1O)CN(C(=O)CCC(=O)[O-])C2.COc1cc2c(cc1OCCCOc1cc3cc(C(=O)CCC(=O)O)sc3cc1O)CN(C(=O)CCC(=O)[O-])C2.[Na+].[Na+]. The first-order valence-electron chi connectivity index (χ1n) is 25.2. The molecule has 4 aromatic carbocycles. The van der Waals surface area contributed by atoms with Gasteiger partial charge in [0.25, 0.3) is 0 Å². The number of ether oxygens (including phenoxy) is 6. The standard InChI is InChI=1S/2C28H29NO10S.2Na/c2*1-37-22-10-17-14-29(26(32)4-6-28(35)36)15-18(17)11-23(22)39-8-2-7-38-21-9-16-12-25(19(30)3-5-27(33)34)40-24(16)13-20(21)31;;/h2*9-13,31H,2-8,14-15H2,1H3,(H,33,34)(H,35,36);;/q;;2*+1/p-2. The second kappa shape index (κ2) is 31.1.